The van der Waals surface area contributed by atoms with Crippen LogP contribution in [0.5, 0.6) is 11.5 Å². The van der Waals surface area contributed by atoms with E-state index in [9.17, 15) is 4.79 Å². The fourth-order valence-electron chi connectivity index (χ4n) is 2.27. The van der Waals surface area contributed by atoms with E-state index in [0.29, 0.717) is 15.9 Å². The average molecular weight is 468 g/mol. The zero-order valence-electron chi connectivity index (χ0n) is 14.5. The Kier molecular flexibility index (Phi) is 6.36. The lowest BCUT2D eigenvalue weighted by atomic mass is 10.2. The van der Waals surface area contributed by atoms with Gasteiger partial charge < -0.3 is 9.47 Å². The Morgan fingerprint density at radius 1 is 1.26 bits per heavy atom. The predicted octanol–water partition coefficient (Wildman–Crippen LogP) is 5.64. The number of nitrogens with zero attached hydrogens (tertiary/aromatic N) is 1. The summed E-state index contributed by atoms with van der Waals surface area (Å²) in [4.78, 5) is 16.8. The van der Waals surface area contributed by atoms with E-state index in [1.165, 1.54) is 11.3 Å². The molecule has 0 bridgehead atoms. The van der Waals surface area contributed by atoms with Crippen LogP contribution in [0.3, 0.4) is 0 Å². The Morgan fingerprint density at radius 2 is 2.00 bits per heavy atom. The fourth-order valence-corrected chi connectivity index (χ4v) is 3.66. The van der Waals surface area contributed by atoms with E-state index in [1.807, 2.05) is 23.6 Å². The molecule has 0 aliphatic rings. The van der Waals surface area contributed by atoms with Crippen LogP contribution in [0, 0.1) is 0 Å². The van der Waals surface area contributed by atoms with Gasteiger partial charge in [-0.3, -0.25) is 10.1 Å². The molecular weight excluding hydrogens is 452 g/mol. The van der Waals surface area contributed by atoms with Crippen LogP contribution in [0.2, 0.25) is 5.02 Å². The van der Waals surface area contributed by atoms with Crippen LogP contribution in [0.1, 0.15) is 6.92 Å². The molecular formula is C19H16BrClN2O3S. The third-order valence-electron chi connectivity index (χ3n) is 3.68. The molecule has 0 saturated heterocycles. The number of hydrogen-bond acceptors (Lipinski definition) is 5. The molecule has 5 nitrogen and oxygen atoms in total. The Bertz CT molecular complexity index is 946. The zero-order chi connectivity index (χ0) is 19.4. The van der Waals surface area contributed by atoms with E-state index < -0.39 is 6.10 Å². The molecule has 0 aliphatic carbocycles. The van der Waals surface area contributed by atoms with Crippen molar-refractivity contribution in [3.05, 3.63) is 57.3 Å². The van der Waals surface area contributed by atoms with Gasteiger partial charge in [-0.25, -0.2) is 4.98 Å². The maximum atomic E-state index is 12.3. The van der Waals surface area contributed by atoms with Crippen LogP contribution in [0.15, 0.2) is 52.3 Å². The monoisotopic (exact) mass is 466 g/mol. The highest BCUT2D eigenvalue weighted by molar-refractivity contribution is 9.10. The van der Waals surface area contributed by atoms with E-state index in [-0.39, 0.29) is 5.91 Å². The second-order valence-electron chi connectivity index (χ2n) is 5.59. The Morgan fingerprint density at radius 3 is 2.67 bits per heavy atom. The summed E-state index contributed by atoms with van der Waals surface area (Å²) in [5.41, 5.74) is 1.69. The van der Waals surface area contributed by atoms with Gasteiger partial charge in [-0.2, -0.15) is 0 Å². The number of carbonyl (C=O) groups excluding carboxylic acids is 1. The van der Waals surface area contributed by atoms with E-state index in [4.69, 9.17) is 21.1 Å². The fraction of sp³-hybridized carbons (Fsp3) is 0.158. The van der Waals surface area contributed by atoms with Gasteiger partial charge in [0.2, 0.25) is 0 Å². The number of rotatable bonds is 6. The number of halogens is 2. The van der Waals surface area contributed by atoms with Crippen molar-refractivity contribution in [2.45, 2.75) is 13.0 Å². The van der Waals surface area contributed by atoms with Gasteiger partial charge in [0.15, 0.2) is 11.2 Å². The minimum Gasteiger partial charge on any atom is -0.496 e. The third-order valence-corrected chi connectivity index (χ3v) is 5.31. The van der Waals surface area contributed by atoms with Crippen LogP contribution < -0.4 is 14.8 Å². The number of thiazole rings is 1. The quantitative estimate of drug-likeness (QED) is 0.509. The van der Waals surface area contributed by atoms with Crippen molar-refractivity contribution >= 4 is 49.9 Å². The largest absolute Gasteiger partial charge is 0.496 e. The van der Waals surface area contributed by atoms with E-state index in [1.54, 1.807) is 38.3 Å². The van der Waals surface area contributed by atoms with E-state index in [2.05, 4.69) is 26.2 Å². The molecule has 1 aromatic heterocycles. The van der Waals surface area contributed by atoms with Gasteiger partial charge in [-0.15, -0.1) is 11.3 Å². The molecule has 1 atom stereocenters. The Balaban J connectivity index is 1.65. The number of benzene rings is 2. The molecule has 1 heterocycles. The maximum absolute atomic E-state index is 12.3. The lowest BCUT2D eigenvalue weighted by Gasteiger charge is -2.13. The SMILES string of the molecule is COc1ccc(-c2csc(NC(=O)C(C)Oc3ccc(Cl)cc3)n2)cc1Br. The number of amides is 1. The summed E-state index contributed by atoms with van der Waals surface area (Å²) in [6.07, 6.45) is -0.673. The number of nitrogens with one attached hydrogen (secondary N) is 1. The highest BCUT2D eigenvalue weighted by Gasteiger charge is 2.17. The van der Waals surface area contributed by atoms with Crippen LogP contribution in [0.25, 0.3) is 11.3 Å². The normalized spacial score (nSPS) is 11.7. The lowest BCUT2D eigenvalue weighted by Crippen LogP contribution is -2.30. The minimum atomic E-state index is -0.673. The molecule has 2 aromatic carbocycles. The zero-order valence-corrected chi connectivity index (χ0v) is 17.7. The average Bonchev–Trinajstić information content (AvgIpc) is 3.12. The number of carbonyl (C=O) groups is 1. The summed E-state index contributed by atoms with van der Waals surface area (Å²) in [6.45, 7) is 1.68. The molecule has 8 heteroatoms. The third kappa shape index (κ3) is 5.00. The molecule has 0 spiro atoms. The van der Waals surface area contributed by atoms with Gasteiger partial charge in [0, 0.05) is 16.0 Å². The second kappa shape index (κ2) is 8.73. The first-order chi connectivity index (χ1) is 13.0. The minimum absolute atomic E-state index is 0.276. The molecule has 0 fully saturated rings. The molecule has 0 saturated carbocycles. The number of anilines is 1. The molecule has 1 N–H and O–H groups in total. The first-order valence-electron chi connectivity index (χ1n) is 7.99. The number of aromatic nitrogens is 1. The van der Waals surface area contributed by atoms with Crippen molar-refractivity contribution in [3.63, 3.8) is 0 Å². The maximum Gasteiger partial charge on any atom is 0.266 e. The van der Waals surface area contributed by atoms with Gasteiger partial charge >= 0.3 is 0 Å². The van der Waals surface area contributed by atoms with Crippen molar-refractivity contribution in [1.29, 1.82) is 0 Å². The number of hydrogen-bond donors (Lipinski definition) is 1. The summed E-state index contributed by atoms with van der Waals surface area (Å²) in [6, 6.07) is 12.6. The predicted molar refractivity (Wildman–Crippen MR) is 112 cm³/mol. The Hall–Kier alpha value is -2.09. The van der Waals surface area contributed by atoms with E-state index >= 15 is 0 Å². The molecule has 3 aromatic rings. The van der Waals surface area contributed by atoms with E-state index in [0.717, 1.165) is 21.5 Å². The van der Waals surface area contributed by atoms with Crippen LogP contribution in [-0.2, 0) is 4.79 Å². The molecule has 3 rings (SSSR count). The summed E-state index contributed by atoms with van der Waals surface area (Å²) >= 11 is 10.7. The van der Waals surface area contributed by atoms with Crippen molar-refractivity contribution < 1.29 is 14.3 Å². The standard InChI is InChI=1S/C19H16BrClN2O3S/c1-11(26-14-6-4-13(21)5-7-14)18(24)23-19-22-16(10-27-19)12-3-8-17(25-2)15(20)9-12/h3-11H,1-2H3,(H,22,23,24). The molecule has 0 radical (unpaired) electrons. The second-order valence-corrected chi connectivity index (χ2v) is 7.74. The van der Waals surface area contributed by atoms with Gasteiger partial charge in [-0.1, -0.05) is 11.6 Å². The topological polar surface area (TPSA) is 60.5 Å². The summed E-state index contributed by atoms with van der Waals surface area (Å²) < 4.78 is 11.7. The summed E-state index contributed by atoms with van der Waals surface area (Å²) in [7, 11) is 1.61. The molecule has 1 amide bonds. The smallest absolute Gasteiger partial charge is 0.266 e. The summed E-state index contributed by atoms with van der Waals surface area (Å²) in [5.74, 6) is 1.04. The van der Waals surface area contributed by atoms with Gasteiger partial charge in [0.05, 0.1) is 17.3 Å². The van der Waals surface area contributed by atoms with Gasteiger partial charge in [-0.05, 0) is 65.3 Å². The van der Waals surface area contributed by atoms with Gasteiger partial charge in [0.1, 0.15) is 11.5 Å². The van der Waals surface area contributed by atoms with Crippen molar-refractivity contribution in [1.82, 2.24) is 4.98 Å². The highest BCUT2D eigenvalue weighted by Crippen LogP contribution is 2.32. The highest BCUT2D eigenvalue weighted by atomic mass is 79.9. The van der Waals surface area contributed by atoms with Gasteiger partial charge in [0.25, 0.3) is 5.91 Å². The first kappa shape index (κ1) is 19.7. The first-order valence-corrected chi connectivity index (χ1v) is 10.0. The van der Waals surface area contributed by atoms with Crippen molar-refractivity contribution in [2.75, 3.05) is 12.4 Å². The molecule has 140 valence electrons. The van der Waals surface area contributed by atoms with Crippen molar-refractivity contribution in [2.24, 2.45) is 0 Å². The molecule has 1 unspecified atom stereocenters. The summed E-state index contributed by atoms with van der Waals surface area (Å²) in [5, 5.41) is 5.78. The lowest BCUT2D eigenvalue weighted by molar-refractivity contribution is -0.122. The van der Waals surface area contributed by atoms with Crippen LogP contribution in [0.4, 0.5) is 5.13 Å². The number of ether oxygens (including phenoxy) is 2. The van der Waals surface area contributed by atoms with Crippen LogP contribution in [-0.4, -0.2) is 24.1 Å². The number of methoxy groups -OCH3 is 1. The van der Waals surface area contributed by atoms with Crippen molar-refractivity contribution in [3.8, 4) is 22.8 Å². The van der Waals surface area contributed by atoms with Crippen LogP contribution >= 0.6 is 38.9 Å². The molecule has 0 aliphatic heterocycles. The molecule has 27 heavy (non-hydrogen) atoms. The Labute approximate surface area is 174 Å².